The minimum Gasteiger partial charge on any atom is -0.481 e. The number of aliphatic carboxylic acids is 1. The number of carbonyl (C=O) groups excluding carboxylic acids is 3. The Morgan fingerprint density at radius 1 is 1.28 bits per heavy atom. The van der Waals surface area contributed by atoms with Crippen LogP contribution in [0.3, 0.4) is 0 Å². The van der Waals surface area contributed by atoms with Gasteiger partial charge in [-0.2, -0.15) is 0 Å². The summed E-state index contributed by atoms with van der Waals surface area (Å²) in [6.45, 7) is 3.91. The van der Waals surface area contributed by atoms with Crippen LogP contribution in [0.2, 0.25) is 0 Å². The minimum atomic E-state index is -0.948. The van der Waals surface area contributed by atoms with Crippen LogP contribution in [-0.2, 0) is 19.2 Å². The first kappa shape index (κ1) is 27.6. The van der Waals surface area contributed by atoms with Gasteiger partial charge in [0.2, 0.25) is 17.7 Å². The summed E-state index contributed by atoms with van der Waals surface area (Å²) < 4.78 is 0. The number of nitrogens with one attached hydrogen (secondary N) is 3. The van der Waals surface area contributed by atoms with Crippen molar-refractivity contribution in [1.29, 1.82) is 0 Å². The van der Waals surface area contributed by atoms with E-state index in [4.69, 9.17) is 6.42 Å². The highest BCUT2D eigenvalue weighted by Gasteiger charge is 2.54. The smallest absolute Gasteiger partial charge is 0.303 e. The van der Waals surface area contributed by atoms with Crippen LogP contribution < -0.4 is 16.0 Å². The molecule has 5 atom stereocenters. The molecular formula is C26H34N4O5S. The first-order valence-electron chi connectivity index (χ1n) is 12.0. The number of carboxylic acid groups (broad SMARTS) is 1. The molecule has 3 rings (SSSR count). The molecule has 2 aliphatic rings. The number of terminal acetylenes is 1. The van der Waals surface area contributed by atoms with E-state index in [9.17, 15) is 24.3 Å². The van der Waals surface area contributed by atoms with E-state index in [0.29, 0.717) is 18.6 Å². The molecule has 2 saturated heterocycles. The molecule has 0 bridgehead atoms. The van der Waals surface area contributed by atoms with Crippen LogP contribution in [-0.4, -0.2) is 70.0 Å². The Hall–Kier alpha value is -3.03. The molecule has 194 valence electrons. The summed E-state index contributed by atoms with van der Waals surface area (Å²) in [7, 11) is 1.57. The van der Waals surface area contributed by atoms with Crippen molar-refractivity contribution in [1.82, 2.24) is 20.9 Å². The summed E-state index contributed by atoms with van der Waals surface area (Å²) in [4.78, 5) is 52.9. The largest absolute Gasteiger partial charge is 0.481 e. The average Bonchev–Trinajstić information content (AvgIpc) is 3.03. The number of likely N-dealkylation sites (N-methyl/N-ethyl adjacent to an activating group) is 1. The highest BCUT2D eigenvalue weighted by molar-refractivity contribution is 7.99. The maximum atomic E-state index is 13.7. The number of hydrogen-bond donors (Lipinski definition) is 4. The first-order valence-corrected chi connectivity index (χ1v) is 13.1. The van der Waals surface area contributed by atoms with E-state index in [2.05, 4.69) is 21.9 Å². The number of benzene rings is 1. The molecule has 1 aromatic carbocycles. The lowest BCUT2D eigenvalue weighted by molar-refractivity contribution is -0.144. The molecule has 1 aromatic rings. The van der Waals surface area contributed by atoms with E-state index >= 15 is 0 Å². The summed E-state index contributed by atoms with van der Waals surface area (Å²) in [6, 6.07) is 6.27. The zero-order valence-electron chi connectivity index (χ0n) is 20.8. The summed E-state index contributed by atoms with van der Waals surface area (Å²) in [5.74, 6) is 0.954. The Kier molecular flexibility index (Phi) is 9.03. The van der Waals surface area contributed by atoms with Gasteiger partial charge in [0.1, 0.15) is 18.1 Å². The second-order valence-electron chi connectivity index (χ2n) is 9.81. The van der Waals surface area contributed by atoms with E-state index in [0.717, 1.165) is 5.56 Å². The van der Waals surface area contributed by atoms with Crippen molar-refractivity contribution >= 4 is 35.5 Å². The van der Waals surface area contributed by atoms with Gasteiger partial charge in [-0.15, -0.1) is 18.2 Å². The van der Waals surface area contributed by atoms with Crippen LogP contribution in [0.5, 0.6) is 0 Å². The molecule has 9 nitrogen and oxygen atoms in total. The second-order valence-corrected chi connectivity index (χ2v) is 11.1. The molecular weight excluding hydrogens is 480 g/mol. The van der Waals surface area contributed by atoms with E-state index < -0.39 is 41.5 Å². The lowest BCUT2D eigenvalue weighted by Gasteiger charge is -2.35. The predicted molar refractivity (Wildman–Crippen MR) is 138 cm³/mol. The number of carbonyl (C=O) groups is 4. The standard InChI is InChI=1S/C26H34N4O5S/c1-5-17(27-4)23(33)29-19-13-14-36-20-15-26(2,3)22(30(20)25(19)35)24(34)28-18(11-12-21(31)32)16-9-7-6-8-10-16/h1,6-10,17-20,22,27H,11-15H2,2-4H3,(H,28,34)(H,29,33)(H,31,32)/t17-,18?,19?,20?,22+/m0/s1. The van der Waals surface area contributed by atoms with Crippen molar-refractivity contribution < 1.29 is 24.3 Å². The van der Waals surface area contributed by atoms with E-state index in [1.54, 1.807) is 23.7 Å². The zero-order valence-corrected chi connectivity index (χ0v) is 21.6. The van der Waals surface area contributed by atoms with Gasteiger partial charge in [0.05, 0.1) is 11.4 Å². The molecule has 4 N–H and O–H groups in total. The molecule has 0 radical (unpaired) electrons. The van der Waals surface area contributed by atoms with Crippen molar-refractivity contribution in [2.75, 3.05) is 12.8 Å². The number of nitrogens with zero attached hydrogens (tertiary/aromatic N) is 1. The number of rotatable bonds is 9. The molecule has 36 heavy (non-hydrogen) atoms. The molecule has 2 aliphatic heterocycles. The van der Waals surface area contributed by atoms with Crippen molar-refractivity contribution in [3.63, 3.8) is 0 Å². The van der Waals surface area contributed by atoms with Crippen LogP contribution in [0.1, 0.15) is 51.1 Å². The Bertz CT molecular complexity index is 1020. The lowest BCUT2D eigenvalue weighted by Crippen LogP contribution is -2.58. The fraction of sp³-hybridized carbons (Fsp3) is 0.538. The Labute approximate surface area is 216 Å². The van der Waals surface area contributed by atoms with Gasteiger partial charge in [-0.25, -0.2) is 0 Å². The minimum absolute atomic E-state index is 0.106. The van der Waals surface area contributed by atoms with Crippen LogP contribution in [0.4, 0.5) is 0 Å². The van der Waals surface area contributed by atoms with Gasteiger partial charge in [-0.05, 0) is 43.0 Å². The van der Waals surface area contributed by atoms with E-state index in [1.807, 2.05) is 44.2 Å². The van der Waals surface area contributed by atoms with Crippen molar-refractivity contribution in [3.8, 4) is 12.3 Å². The molecule has 3 amide bonds. The van der Waals surface area contributed by atoms with Crippen LogP contribution in [0.15, 0.2) is 30.3 Å². The molecule has 0 aliphatic carbocycles. The van der Waals surface area contributed by atoms with Gasteiger partial charge >= 0.3 is 5.97 Å². The first-order chi connectivity index (χ1) is 17.1. The fourth-order valence-corrected chi connectivity index (χ4v) is 6.50. The molecule has 2 heterocycles. The molecule has 2 fully saturated rings. The summed E-state index contributed by atoms with van der Waals surface area (Å²) in [5, 5.41) is 17.5. The van der Waals surface area contributed by atoms with Gasteiger partial charge in [0.15, 0.2) is 0 Å². The SMILES string of the molecule is C#C[C@H](NC)C(=O)NC1CCSC2CC(C)(C)[C@@H](C(=O)NC(CCC(=O)O)c3ccccc3)N2C1=O. The quantitative estimate of drug-likeness (QED) is 0.368. The van der Waals surface area contributed by atoms with Crippen LogP contribution in [0, 0.1) is 17.8 Å². The third-order valence-electron chi connectivity index (χ3n) is 6.75. The van der Waals surface area contributed by atoms with Crippen LogP contribution >= 0.6 is 11.8 Å². The van der Waals surface area contributed by atoms with Gasteiger partial charge < -0.3 is 20.6 Å². The average molecular weight is 515 g/mol. The number of thioether (sulfide) groups is 1. The fourth-order valence-electron chi connectivity index (χ4n) is 4.92. The third kappa shape index (κ3) is 6.20. The number of carboxylic acids is 1. The molecule has 0 saturated carbocycles. The maximum absolute atomic E-state index is 13.7. The summed E-state index contributed by atoms with van der Waals surface area (Å²) >= 11 is 1.60. The van der Waals surface area contributed by atoms with Crippen molar-refractivity contribution in [3.05, 3.63) is 35.9 Å². The van der Waals surface area contributed by atoms with E-state index in [-0.39, 0.29) is 30.0 Å². The van der Waals surface area contributed by atoms with Gasteiger partial charge in [-0.3, -0.25) is 24.5 Å². The molecule has 3 unspecified atom stereocenters. The predicted octanol–water partition coefficient (Wildman–Crippen LogP) is 1.50. The van der Waals surface area contributed by atoms with E-state index in [1.165, 1.54) is 0 Å². The molecule has 0 aromatic heterocycles. The lowest BCUT2D eigenvalue weighted by atomic mass is 9.83. The van der Waals surface area contributed by atoms with Gasteiger partial charge in [-0.1, -0.05) is 50.1 Å². The number of amides is 3. The van der Waals surface area contributed by atoms with Crippen LogP contribution in [0.25, 0.3) is 0 Å². The van der Waals surface area contributed by atoms with Crippen molar-refractivity contribution in [2.24, 2.45) is 5.41 Å². The highest BCUT2D eigenvalue weighted by Crippen LogP contribution is 2.46. The summed E-state index contributed by atoms with van der Waals surface area (Å²) in [6.07, 6.45) is 6.58. The topological polar surface area (TPSA) is 128 Å². The zero-order chi connectivity index (χ0) is 26.5. The van der Waals surface area contributed by atoms with Crippen molar-refractivity contribution in [2.45, 2.75) is 69.1 Å². The highest BCUT2D eigenvalue weighted by atomic mass is 32.2. The van der Waals surface area contributed by atoms with Gasteiger partial charge in [0, 0.05) is 6.42 Å². The summed E-state index contributed by atoms with van der Waals surface area (Å²) in [5.41, 5.74) is 0.275. The Balaban J connectivity index is 1.85. The molecule has 0 spiro atoms. The number of hydrogen-bond acceptors (Lipinski definition) is 6. The Morgan fingerprint density at radius 2 is 1.97 bits per heavy atom. The van der Waals surface area contributed by atoms with Gasteiger partial charge in [0.25, 0.3) is 0 Å². The number of fused-ring (bicyclic) bond motifs is 1. The second kappa shape index (κ2) is 11.8. The third-order valence-corrected chi connectivity index (χ3v) is 8.00. The molecule has 10 heteroatoms. The normalized spacial score (nSPS) is 24.6. The monoisotopic (exact) mass is 514 g/mol. The Morgan fingerprint density at radius 3 is 2.58 bits per heavy atom. The maximum Gasteiger partial charge on any atom is 0.303 e.